The fourth-order valence-electron chi connectivity index (χ4n) is 3.02. The molecule has 1 unspecified atom stereocenters. The van der Waals surface area contributed by atoms with Crippen molar-refractivity contribution < 1.29 is 9.47 Å². The molecule has 1 saturated heterocycles. The van der Waals surface area contributed by atoms with E-state index in [1.807, 2.05) is 6.92 Å². The van der Waals surface area contributed by atoms with E-state index in [-0.39, 0.29) is 24.0 Å². The number of rotatable bonds is 10. The molecule has 160 valence electrons. The van der Waals surface area contributed by atoms with E-state index in [0.29, 0.717) is 31.6 Å². The van der Waals surface area contributed by atoms with Gasteiger partial charge >= 0.3 is 0 Å². The van der Waals surface area contributed by atoms with Gasteiger partial charge in [-0.25, -0.2) is 4.99 Å². The fraction of sp³-hybridized carbons (Fsp3) is 0.667. The van der Waals surface area contributed by atoms with Gasteiger partial charge in [0.2, 0.25) is 0 Å². The van der Waals surface area contributed by atoms with E-state index in [1.54, 1.807) is 0 Å². The van der Waals surface area contributed by atoms with Gasteiger partial charge in [-0.3, -0.25) is 0 Å². The van der Waals surface area contributed by atoms with Crippen LogP contribution < -0.4 is 5.32 Å². The third-order valence-electron chi connectivity index (χ3n) is 4.48. The number of hydrogen-bond donors (Lipinski definition) is 1. The summed E-state index contributed by atoms with van der Waals surface area (Å²) in [7, 11) is 0. The standard InChI is InChI=1S/C21H35N3O2S.HI/c1-4-20-16-24(10-13-27-20)21(22-5-2)23-15-18-8-7-9-19(14-18)17-26-12-11-25-6-3;/h7-9,14,20H,4-6,10-13,15-17H2,1-3H3,(H,22,23);1H. The Morgan fingerprint density at radius 3 is 2.75 bits per heavy atom. The lowest BCUT2D eigenvalue weighted by Crippen LogP contribution is -2.48. The number of aliphatic imine (C=N–C) groups is 1. The Bertz CT molecular complexity index is 574. The lowest BCUT2D eigenvalue weighted by atomic mass is 10.1. The molecule has 2 rings (SSSR count). The van der Waals surface area contributed by atoms with Gasteiger partial charge in [0.25, 0.3) is 0 Å². The van der Waals surface area contributed by atoms with Crippen molar-refractivity contribution in [2.45, 2.75) is 45.6 Å². The van der Waals surface area contributed by atoms with Gasteiger partial charge < -0.3 is 19.7 Å². The molecule has 1 atom stereocenters. The van der Waals surface area contributed by atoms with Crippen LogP contribution in [-0.4, -0.2) is 61.3 Å². The molecule has 1 aromatic rings. The summed E-state index contributed by atoms with van der Waals surface area (Å²) in [5.41, 5.74) is 2.40. The van der Waals surface area contributed by atoms with Crippen molar-refractivity contribution in [3.63, 3.8) is 0 Å². The van der Waals surface area contributed by atoms with Crippen molar-refractivity contribution in [2.24, 2.45) is 4.99 Å². The minimum absolute atomic E-state index is 0. The highest BCUT2D eigenvalue weighted by Crippen LogP contribution is 2.21. The Balaban J connectivity index is 0.00000392. The van der Waals surface area contributed by atoms with E-state index < -0.39 is 0 Å². The van der Waals surface area contributed by atoms with Crippen LogP contribution in [0.25, 0.3) is 0 Å². The summed E-state index contributed by atoms with van der Waals surface area (Å²) in [6, 6.07) is 8.52. The highest BCUT2D eigenvalue weighted by atomic mass is 127. The van der Waals surface area contributed by atoms with Crippen molar-refractivity contribution in [2.75, 3.05) is 45.2 Å². The average molecular weight is 522 g/mol. The third-order valence-corrected chi connectivity index (χ3v) is 5.85. The first-order chi connectivity index (χ1) is 13.3. The number of nitrogens with one attached hydrogen (secondary N) is 1. The molecule has 0 radical (unpaired) electrons. The van der Waals surface area contributed by atoms with E-state index in [0.717, 1.165) is 32.2 Å². The second-order valence-corrected chi connectivity index (χ2v) is 7.99. The summed E-state index contributed by atoms with van der Waals surface area (Å²) in [5.74, 6) is 2.21. The van der Waals surface area contributed by atoms with Crippen LogP contribution in [0.4, 0.5) is 0 Å². The maximum absolute atomic E-state index is 5.68. The molecule has 28 heavy (non-hydrogen) atoms. The minimum atomic E-state index is 0. The quantitative estimate of drug-likeness (QED) is 0.217. The maximum Gasteiger partial charge on any atom is 0.194 e. The van der Waals surface area contributed by atoms with Gasteiger partial charge in [0.05, 0.1) is 26.4 Å². The van der Waals surface area contributed by atoms with Crippen LogP contribution in [0.3, 0.4) is 0 Å². The monoisotopic (exact) mass is 521 g/mol. The van der Waals surface area contributed by atoms with Gasteiger partial charge in [-0.05, 0) is 31.4 Å². The van der Waals surface area contributed by atoms with E-state index in [2.05, 4.69) is 60.1 Å². The smallest absolute Gasteiger partial charge is 0.194 e. The van der Waals surface area contributed by atoms with E-state index in [9.17, 15) is 0 Å². The zero-order chi connectivity index (χ0) is 19.3. The summed E-state index contributed by atoms with van der Waals surface area (Å²) in [4.78, 5) is 7.31. The lowest BCUT2D eigenvalue weighted by molar-refractivity contribution is 0.0453. The molecule has 5 nitrogen and oxygen atoms in total. The molecule has 1 fully saturated rings. The molecule has 1 N–H and O–H groups in total. The molecule has 1 aromatic carbocycles. The van der Waals surface area contributed by atoms with Gasteiger partial charge in [-0.2, -0.15) is 11.8 Å². The van der Waals surface area contributed by atoms with Gasteiger partial charge in [-0.1, -0.05) is 31.2 Å². The SMILES string of the molecule is CCNC(=NCc1cccc(COCCOCC)c1)N1CCSC(CC)C1.I. The molecule has 1 aliphatic heterocycles. The number of nitrogens with zero attached hydrogens (tertiary/aromatic N) is 2. The van der Waals surface area contributed by atoms with Crippen molar-refractivity contribution in [3.05, 3.63) is 35.4 Å². The molecule has 7 heteroatoms. The predicted octanol–water partition coefficient (Wildman–Crippen LogP) is 4.15. The molecule has 0 saturated carbocycles. The summed E-state index contributed by atoms with van der Waals surface area (Å²) >= 11 is 2.08. The fourth-order valence-corrected chi connectivity index (χ4v) is 4.20. The number of guanidine groups is 1. The summed E-state index contributed by atoms with van der Waals surface area (Å²) in [6.07, 6.45) is 1.21. The molecule has 1 aliphatic rings. The van der Waals surface area contributed by atoms with Gasteiger partial charge in [0.1, 0.15) is 0 Å². The van der Waals surface area contributed by atoms with Crippen LogP contribution in [0.2, 0.25) is 0 Å². The molecular weight excluding hydrogens is 485 g/mol. The molecule has 1 heterocycles. The number of benzene rings is 1. The van der Waals surface area contributed by atoms with Crippen LogP contribution >= 0.6 is 35.7 Å². The van der Waals surface area contributed by atoms with Crippen molar-refractivity contribution in [1.29, 1.82) is 0 Å². The summed E-state index contributed by atoms with van der Waals surface area (Å²) < 4.78 is 11.0. The first kappa shape index (κ1) is 25.5. The molecule has 0 aromatic heterocycles. The predicted molar refractivity (Wildman–Crippen MR) is 131 cm³/mol. The van der Waals surface area contributed by atoms with E-state index in [1.165, 1.54) is 23.3 Å². The normalized spacial score (nSPS) is 17.3. The van der Waals surface area contributed by atoms with Gasteiger partial charge in [-0.15, -0.1) is 24.0 Å². The van der Waals surface area contributed by atoms with Crippen LogP contribution in [0.15, 0.2) is 29.3 Å². The molecule has 0 amide bonds. The maximum atomic E-state index is 5.68. The number of hydrogen-bond acceptors (Lipinski definition) is 4. The Kier molecular flexibility index (Phi) is 14.0. The largest absolute Gasteiger partial charge is 0.379 e. The second-order valence-electron chi connectivity index (χ2n) is 6.59. The highest BCUT2D eigenvalue weighted by molar-refractivity contribution is 14.0. The summed E-state index contributed by atoms with van der Waals surface area (Å²) in [6.45, 7) is 12.8. The number of ether oxygens (including phenoxy) is 2. The molecule has 0 spiro atoms. The van der Waals surface area contributed by atoms with E-state index >= 15 is 0 Å². The number of thioether (sulfide) groups is 1. The molecule has 0 aliphatic carbocycles. The van der Waals surface area contributed by atoms with Crippen LogP contribution in [0, 0.1) is 0 Å². The number of halogens is 1. The Morgan fingerprint density at radius 1 is 1.21 bits per heavy atom. The van der Waals surface area contributed by atoms with E-state index in [4.69, 9.17) is 14.5 Å². The highest BCUT2D eigenvalue weighted by Gasteiger charge is 2.21. The van der Waals surface area contributed by atoms with Crippen LogP contribution in [-0.2, 0) is 22.6 Å². The second kappa shape index (κ2) is 15.3. The van der Waals surface area contributed by atoms with Crippen molar-refractivity contribution in [1.82, 2.24) is 10.2 Å². The summed E-state index contributed by atoms with van der Waals surface area (Å²) in [5, 5.41) is 4.17. The molecular formula is C21H36IN3O2S. The first-order valence-electron chi connectivity index (χ1n) is 10.1. The Morgan fingerprint density at radius 2 is 2.00 bits per heavy atom. The average Bonchev–Trinajstić information content (AvgIpc) is 2.71. The van der Waals surface area contributed by atoms with Crippen LogP contribution in [0.5, 0.6) is 0 Å². The zero-order valence-corrected chi connectivity index (χ0v) is 20.6. The topological polar surface area (TPSA) is 46.1 Å². The van der Waals surface area contributed by atoms with Crippen molar-refractivity contribution in [3.8, 4) is 0 Å². The first-order valence-corrected chi connectivity index (χ1v) is 11.2. The minimum Gasteiger partial charge on any atom is -0.379 e. The van der Waals surface area contributed by atoms with Gasteiger partial charge in [0.15, 0.2) is 5.96 Å². The van der Waals surface area contributed by atoms with Gasteiger partial charge in [0, 0.05) is 37.2 Å². The third kappa shape index (κ3) is 9.33. The van der Waals surface area contributed by atoms with Crippen LogP contribution in [0.1, 0.15) is 38.3 Å². The Labute approximate surface area is 192 Å². The lowest BCUT2D eigenvalue weighted by Gasteiger charge is -2.34. The Hall–Kier alpha value is -0.510. The molecule has 0 bridgehead atoms. The zero-order valence-electron chi connectivity index (χ0n) is 17.5. The van der Waals surface area contributed by atoms with Crippen molar-refractivity contribution >= 4 is 41.7 Å².